The lowest BCUT2D eigenvalue weighted by molar-refractivity contribution is 0.0538. The predicted molar refractivity (Wildman–Crippen MR) is 130 cm³/mol. The van der Waals surface area contributed by atoms with Crippen molar-refractivity contribution in [1.82, 2.24) is 14.1 Å². The van der Waals surface area contributed by atoms with Crippen molar-refractivity contribution in [3.05, 3.63) is 87.6 Å². The van der Waals surface area contributed by atoms with Gasteiger partial charge in [0.25, 0.3) is 11.8 Å². The second-order valence-corrected chi connectivity index (χ2v) is 11.3. The molecule has 0 spiro atoms. The number of piperazine rings is 1. The Bertz CT molecular complexity index is 1310. The van der Waals surface area contributed by atoms with Gasteiger partial charge in [-0.25, -0.2) is 8.42 Å². The Kier molecular flexibility index (Phi) is 6.24. The summed E-state index contributed by atoms with van der Waals surface area (Å²) in [4.78, 5) is 29.9. The first-order valence-corrected chi connectivity index (χ1v) is 13.5. The van der Waals surface area contributed by atoms with E-state index < -0.39 is 10.0 Å². The topological polar surface area (TPSA) is 78.0 Å². The highest BCUT2D eigenvalue weighted by atomic mass is 32.2. The molecule has 0 unspecified atom stereocenters. The molecule has 2 amide bonds. The van der Waals surface area contributed by atoms with Crippen LogP contribution in [0.2, 0.25) is 0 Å². The number of sulfonamides is 1. The average Bonchev–Trinajstić information content (AvgIpc) is 3.43. The average molecular weight is 496 g/mol. The van der Waals surface area contributed by atoms with Gasteiger partial charge in [-0.2, -0.15) is 4.31 Å². The van der Waals surface area contributed by atoms with Crippen LogP contribution in [0.1, 0.15) is 31.2 Å². The van der Waals surface area contributed by atoms with Gasteiger partial charge in [0.2, 0.25) is 10.0 Å². The van der Waals surface area contributed by atoms with Gasteiger partial charge in [-0.05, 0) is 47.2 Å². The zero-order chi connectivity index (χ0) is 23.7. The Balaban J connectivity index is 1.28. The molecule has 3 heterocycles. The van der Waals surface area contributed by atoms with Crippen LogP contribution in [0, 0.1) is 0 Å². The molecule has 0 atom stereocenters. The summed E-state index contributed by atoms with van der Waals surface area (Å²) in [7, 11) is -3.73. The Morgan fingerprint density at radius 3 is 2.18 bits per heavy atom. The van der Waals surface area contributed by atoms with E-state index in [2.05, 4.69) is 0 Å². The third kappa shape index (κ3) is 4.38. The largest absolute Gasteiger partial charge is 0.335 e. The van der Waals surface area contributed by atoms with E-state index in [-0.39, 0.29) is 16.7 Å². The van der Waals surface area contributed by atoms with Crippen LogP contribution in [-0.4, -0.2) is 67.1 Å². The Morgan fingerprint density at radius 2 is 1.47 bits per heavy atom. The third-order valence-corrected chi connectivity index (χ3v) is 9.10. The highest BCUT2D eigenvalue weighted by Crippen LogP contribution is 2.26. The third-order valence-electron chi connectivity index (χ3n) is 6.40. The number of fused-ring (bicyclic) bond motifs is 1. The molecule has 2 aliphatic rings. The van der Waals surface area contributed by atoms with E-state index >= 15 is 0 Å². The number of nitrogens with zero attached hydrogens (tertiary/aromatic N) is 3. The van der Waals surface area contributed by atoms with Crippen molar-refractivity contribution >= 4 is 33.2 Å². The molecule has 3 aromatic rings. The number of amides is 2. The van der Waals surface area contributed by atoms with Gasteiger partial charge in [-0.1, -0.05) is 36.4 Å². The van der Waals surface area contributed by atoms with Crippen molar-refractivity contribution in [3.63, 3.8) is 0 Å². The molecule has 1 saturated heterocycles. The van der Waals surface area contributed by atoms with Crippen LogP contribution in [0.5, 0.6) is 0 Å². The van der Waals surface area contributed by atoms with Crippen molar-refractivity contribution < 1.29 is 18.0 Å². The number of carbonyl (C=O) groups excluding carboxylic acids is 2. The number of benzene rings is 2. The standard InChI is InChI=1S/C25H25N3O4S2/c29-24(26-12-14-27(15-13-26)25(30)23-9-4-16-33-23)20-7-3-8-22(17-20)34(31,32)28-11-10-19-5-1-2-6-21(19)18-28/h1-9,16-17H,10-15,18H2. The fraction of sp³-hybridized carbons (Fsp3) is 0.280. The summed E-state index contributed by atoms with van der Waals surface area (Å²) in [5, 5.41) is 1.87. The minimum atomic E-state index is -3.73. The molecule has 34 heavy (non-hydrogen) atoms. The van der Waals surface area contributed by atoms with E-state index in [0.29, 0.717) is 56.1 Å². The van der Waals surface area contributed by atoms with E-state index in [1.807, 2.05) is 35.7 Å². The lowest BCUT2D eigenvalue weighted by atomic mass is 10.0. The first-order chi connectivity index (χ1) is 16.4. The molecule has 9 heteroatoms. The maximum absolute atomic E-state index is 13.3. The molecular formula is C25H25N3O4S2. The van der Waals surface area contributed by atoms with Crippen molar-refractivity contribution in [2.75, 3.05) is 32.7 Å². The molecule has 2 aliphatic heterocycles. The quantitative estimate of drug-likeness (QED) is 0.557. The predicted octanol–water partition coefficient (Wildman–Crippen LogP) is 3.09. The Morgan fingerprint density at radius 1 is 0.765 bits per heavy atom. The number of hydrogen-bond acceptors (Lipinski definition) is 5. The van der Waals surface area contributed by atoms with E-state index in [1.54, 1.807) is 34.1 Å². The lowest BCUT2D eigenvalue weighted by Crippen LogP contribution is -2.50. The molecule has 0 saturated carbocycles. The normalized spacial score (nSPS) is 16.8. The molecule has 1 aromatic heterocycles. The number of hydrogen-bond donors (Lipinski definition) is 0. The van der Waals surface area contributed by atoms with Gasteiger partial charge in [-0.3, -0.25) is 9.59 Å². The number of rotatable bonds is 4. The fourth-order valence-corrected chi connectivity index (χ4v) is 6.62. The van der Waals surface area contributed by atoms with Crippen molar-refractivity contribution in [2.24, 2.45) is 0 Å². The van der Waals surface area contributed by atoms with Crippen LogP contribution in [0.15, 0.2) is 70.9 Å². The summed E-state index contributed by atoms with van der Waals surface area (Å²) in [6.45, 7) is 2.47. The Labute approximate surface area is 203 Å². The zero-order valence-electron chi connectivity index (χ0n) is 18.6. The van der Waals surface area contributed by atoms with Gasteiger partial charge in [0.15, 0.2) is 0 Å². The summed E-state index contributed by atoms with van der Waals surface area (Å²) in [5.74, 6) is -0.234. The van der Waals surface area contributed by atoms with Gasteiger partial charge in [0.05, 0.1) is 9.77 Å². The van der Waals surface area contributed by atoms with E-state index in [9.17, 15) is 18.0 Å². The number of carbonyl (C=O) groups is 2. The molecule has 0 aliphatic carbocycles. The van der Waals surface area contributed by atoms with Gasteiger partial charge >= 0.3 is 0 Å². The van der Waals surface area contributed by atoms with Crippen LogP contribution in [-0.2, 0) is 23.0 Å². The van der Waals surface area contributed by atoms with Crippen LogP contribution >= 0.6 is 11.3 Å². The van der Waals surface area contributed by atoms with Gasteiger partial charge in [0.1, 0.15) is 0 Å². The molecule has 0 N–H and O–H groups in total. The van der Waals surface area contributed by atoms with Gasteiger partial charge in [0, 0.05) is 44.8 Å². The molecule has 1 fully saturated rings. The van der Waals surface area contributed by atoms with Gasteiger partial charge < -0.3 is 9.80 Å². The lowest BCUT2D eigenvalue weighted by Gasteiger charge is -2.34. The molecule has 0 bridgehead atoms. The minimum absolute atomic E-state index is 0.0155. The molecular weight excluding hydrogens is 470 g/mol. The second-order valence-electron chi connectivity index (χ2n) is 8.45. The van der Waals surface area contributed by atoms with Crippen molar-refractivity contribution in [3.8, 4) is 0 Å². The summed E-state index contributed by atoms with van der Waals surface area (Å²) < 4.78 is 28.2. The maximum atomic E-state index is 13.3. The molecule has 176 valence electrons. The highest BCUT2D eigenvalue weighted by molar-refractivity contribution is 7.89. The second kappa shape index (κ2) is 9.32. The Hall–Kier alpha value is -3.01. The number of thiophene rings is 1. The van der Waals surface area contributed by atoms with Crippen molar-refractivity contribution in [1.29, 1.82) is 0 Å². The van der Waals surface area contributed by atoms with E-state index in [1.165, 1.54) is 27.3 Å². The summed E-state index contributed by atoms with van der Waals surface area (Å²) in [5.41, 5.74) is 2.53. The summed E-state index contributed by atoms with van der Waals surface area (Å²) in [6.07, 6.45) is 0.669. The molecule has 2 aromatic carbocycles. The molecule has 5 rings (SSSR count). The molecule has 7 nitrogen and oxygen atoms in total. The van der Waals surface area contributed by atoms with Crippen molar-refractivity contribution in [2.45, 2.75) is 17.9 Å². The van der Waals surface area contributed by atoms with Crippen LogP contribution < -0.4 is 0 Å². The van der Waals surface area contributed by atoms with E-state index in [4.69, 9.17) is 0 Å². The first kappa shape index (κ1) is 22.8. The van der Waals surface area contributed by atoms with Crippen LogP contribution in [0.4, 0.5) is 0 Å². The molecule has 0 radical (unpaired) electrons. The zero-order valence-corrected chi connectivity index (χ0v) is 20.2. The van der Waals surface area contributed by atoms with Crippen LogP contribution in [0.3, 0.4) is 0 Å². The summed E-state index contributed by atoms with van der Waals surface area (Å²) in [6, 6.07) is 17.8. The van der Waals surface area contributed by atoms with Crippen LogP contribution in [0.25, 0.3) is 0 Å². The highest BCUT2D eigenvalue weighted by Gasteiger charge is 2.30. The fourth-order valence-electron chi connectivity index (χ4n) is 4.46. The maximum Gasteiger partial charge on any atom is 0.264 e. The SMILES string of the molecule is O=C(c1cccc(S(=O)(=O)N2CCc3ccccc3C2)c1)N1CCN(C(=O)c2cccs2)CC1. The first-order valence-electron chi connectivity index (χ1n) is 11.2. The monoisotopic (exact) mass is 495 g/mol. The van der Waals surface area contributed by atoms with Gasteiger partial charge in [-0.15, -0.1) is 11.3 Å². The van der Waals surface area contributed by atoms with E-state index in [0.717, 1.165) is 5.56 Å². The minimum Gasteiger partial charge on any atom is -0.335 e. The summed E-state index contributed by atoms with van der Waals surface area (Å²) >= 11 is 1.41. The smallest absolute Gasteiger partial charge is 0.264 e.